The summed E-state index contributed by atoms with van der Waals surface area (Å²) in [6, 6.07) is 23.9. The lowest BCUT2D eigenvalue weighted by Crippen LogP contribution is -2.51. The predicted molar refractivity (Wildman–Crippen MR) is 146 cm³/mol. The van der Waals surface area contributed by atoms with Crippen LogP contribution >= 0.6 is 35.0 Å². The van der Waals surface area contributed by atoms with Crippen LogP contribution in [0.4, 0.5) is 0 Å². The molecule has 0 aliphatic carbocycles. The predicted octanol–water partition coefficient (Wildman–Crippen LogP) is 6.50. The number of benzene rings is 3. The molecule has 0 heterocycles. The first-order chi connectivity index (χ1) is 16.8. The second kappa shape index (κ2) is 13.6. The van der Waals surface area contributed by atoms with Gasteiger partial charge in [-0.15, -0.1) is 11.8 Å². The van der Waals surface area contributed by atoms with Crippen molar-refractivity contribution in [3.8, 4) is 0 Å². The van der Waals surface area contributed by atoms with E-state index >= 15 is 0 Å². The van der Waals surface area contributed by atoms with Crippen molar-refractivity contribution in [1.82, 2.24) is 10.2 Å². The van der Waals surface area contributed by atoms with Crippen molar-refractivity contribution in [2.24, 2.45) is 5.92 Å². The summed E-state index contributed by atoms with van der Waals surface area (Å²) >= 11 is 13.5. The van der Waals surface area contributed by atoms with Gasteiger partial charge in [0.2, 0.25) is 11.8 Å². The van der Waals surface area contributed by atoms with Crippen LogP contribution in [0.2, 0.25) is 10.0 Å². The number of amides is 2. The Balaban J connectivity index is 1.88. The molecule has 0 unspecified atom stereocenters. The number of nitrogens with zero attached hydrogens (tertiary/aromatic N) is 1. The number of carbonyl (C=O) groups is 2. The zero-order valence-corrected chi connectivity index (χ0v) is 22.2. The number of hydrogen-bond acceptors (Lipinski definition) is 3. The van der Waals surface area contributed by atoms with E-state index in [0.29, 0.717) is 35.5 Å². The molecule has 3 rings (SSSR count). The Labute approximate surface area is 222 Å². The molecule has 3 aromatic carbocycles. The minimum absolute atomic E-state index is 0.111. The Kier molecular flexibility index (Phi) is 10.5. The third-order valence-electron chi connectivity index (χ3n) is 5.40. The number of halogens is 2. The highest BCUT2D eigenvalue weighted by Gasteiger charge is 2.30. The Morgan fingerprint density at radius 2 is 1.46 bits per heavy atom. The van der Waals surface area contributed by atoms with Crippen LogP contribution in [0.25, 0.3) is 0 Å². The van der Waals surface area contributed by atoms with Gasteiger partial charge >= 0.3 is 0 Å². The molecule has 0 radical (unpaired) electrons. The minimum atomic E-state index is -0.648. The van der Waals surface area contributed by atoms with Crippen LogP contribution in [0.15, 0.2) is 83.8 Å². The van der Waals surface area contributed by atoms with Crippen molar-refractivity contribution in [3.63, 3.8) is 0 Å². The maximum absolute atomic E-state index is 13.6. The van der Waals surface area contributed by atoms with Gasteiger partial charge in [-0.25, -0.2) is 0 Å². The fourth-order valence-electron chi connectivity index (χ4n) is 3.52. The molecule has 0 spiro atoms. The normalized spacial score (nSPS) is 11.8. The summed E-state index contributed by atoms with van der Waals surface area (Å²) in [4.78, 5) is 29.6. The SMILES string of the molecule is CC(C)CNC(=O)[C@@H](Cc1ccccc1)N(Cc1ccc(Cl)cc1)C(=O)CSc1ccc(Cl)cc1. The fourth-order valence-corrected chi connectivity index (χ4v) is 4.56. The van der Waals surface area contributed by atoms with Gasteiger partial charge in [0, 0.05) is 34.5 Å². The third-order valence-corrected chi connectivity index (χ3v) is 6.90. The van der Waals surface area contributed by atoms with Crippen LogP contribution in [0.5, 0.6) is 0 Å². The van der Waals surface area contributed by atoms with Crippen LogP contribution in [0.3, 0.4) is 0 Å². The number of carbonyl (C=O) groups excluding carboxylic acids is 2. The lowest BCUT2D eigenvalue weighted by molar-refractivity contribution is -0.139. The van der Waals surface area contributed by atoms with Gasteiger partial charge in [-0.3, -0.25) is 9.59 Å². The van der Waals surface area contributed by atoms with Crippen LogP contribution in [-0.2, 0) is 22.6 Å². The molecule has 1 N–H and O–H groups in total. The van der Waals surface area contributed by atoms with E-state index in [0.717, 1.165) is 16.0 Å². The van der Waals surface area contributed by atoms with E-state index in [4.69, 9.17) is 23.2 Å². The highest BCUT2D eigenvalue weighted by atomic mass is 35.5. The second-order valence-electron chi connectivity index (χ2n) is 8.74. The Morgan fingerprint density at radius 3 is 2.06 bits per heavy atom. The Hall–Kier alpha value is -2.47. The van der Waals surface area contributed by atoms with E-state index in [1.807, 2.05) is 68.4 Å². The molecule has 0 saturated carbocycles. The maximum Gasteiger partial charge on any atom is 0.243 e. The zero-order chi connectivity index (χ0) is 25.2. The number of hydrogen-bond donors (Lipinski definition) is 1. The van der Waals surface area contributed by atoms with Crippen LogP contribution in [0, 0.1) is 5.92 Å². The van der Waals surface area contributed by atoms with Crippen LogP contribution < -0.4 is 5.32 Å². The highest BCUT2D eigenvalue weighted by Crippen LogP contribution is 2.23. The average Bonchev–Trinajstić information content (AvgIpc) is 2.86. The van der Waals surface area contributed by atoms with Gasteiger partial charge < -0.3 is 10.2 Å². The number of nitrogens with one attached hydrogen (secondary N) is 1. The van der Waals surface area contributed by atoms with Crippen LogP contribution in [0.1, 0.15) is 25.0 Å². The largest absolute Gasteiger partial charge is 0.354 e. The molecule has 0 aliphatic heterocycles. The summed E-state index contributed by atoms with van der Waals surface area (Å²) in [6.07, 6.45) is 0.426. The van der Waals surface area contributed by atoms with Crippen molar-refractivity contribution >= 4 is 46.8 Å². The second-order valence-corrected chi connectivity index (χ2v) is 10.7. The molecule has 0 aliphatic rings. The van der Waals surface area contributed by atoms with Crippen molar-refractivity contribution in [3.05, 3.63) is 100 Å². The maximum atomic E-state index is 13.6. The Morgan fingerprint density at radius 1 is 0.857 bits per heavy atom. The first kappa shape index (κ1) is 27.1. The molecular weight excluding hydrogens is 499 g/mol. The summed E-state index contributed by atoms with van der Waals surface area (Å²) in [7, 11) is 0. The van der Waals surface area contributed by atoms with Gasteiger partial charge in [0.25, 0.3) is 0 Å². The molecule has 4 nitrogen and oxygen atoms in total. The van der Waals surface area contributed by atoms with Gasteiger partial charge in [0.1, 0.15) is 6.04 Å². The fraction of sp³-hybridized carbons (Fsp3) is 0.286. The van der Waals surface area contributed by atoms with Crippen LogP contribution in [-0.4, -0.2) is 35.1 Å². The van der Waals surface area contributed by atoms with Crippen molar-refractivity contribution < 1.29 is 9.59 Å². The highest BCUT2D eigenvalue weighted by molar-refractivity contribution is 8.00. The molecule has 2 amide bonds. The topological polar surface area (TPSA) is 49.4 Å². The molecule has 7 heteroatoms. The average molecular weight is 530 g/mol. The zero-order valence-electron chi connectivity index (χ0n) is 19.9. The van der Waals surface area contributed by atoms with Crippen molar-refractivity contribution in [2.45, 2.75) is 37.8 Å². The van der Waals surface area contributed by atoms with E-state index in [9.17, 15) is 9.59 Å². The molecule has 0 aromatic heterocycles. The minimum Gasteiger partial charge on any atom is -0.354 e. The van der Waals surface area contributed by atoms with E-state index in [2.05, 4.69) is 5.32 Å². The first-order valence-electron chi connectivity index (χ1n) is 11.6. The van der Waals surface area contributed by atoms with E-state index < -0.39 is 6.04 Å². The molecular formula is C28H30Cl2N2O2S. The van der Waals surface area contributed by atoms with Gasteiger partial charge in [0.15, 0.2) is 0 Å². The Bertz CT molecular complexity index is 1090. The van der Waals surface area contributed by atoms with E-state index in [-0.39, 0.29) is 17.6 Å². The summed E-state index contributed by atoms with van der Waals surface area (Å²) < 4.78 is 0. The summed E-state index contributed by atoms with van der Waals surface area (Å²) in [5.41, 5.74) is 1.91. The van der Waals surface area contributed by atoms with Crippen molar-refractivity contribution in [1.29, 1.82) is 0 Å². The quantitative estimate of drug-likeness (QED) is 0.289. The van der Waals surface area contributed by atoms with Gasteiger partial charge in [-0.2, -0.15) is 0 Å². The molecule has 0 bridgehead atoms. The molecule has 1 atom stereocenters. The molecule has 0 saturated heterocycles. The van der Waals surface area contributed by atoms with E-state index in [1.54, 1.807) is 29.2 Å². The number of rotatable bonds is 11. The number of thioether (sulfide) groups is 1. The van der Waals surface area contributed by atoms with Gasteiger partial charge in [-0.1, -0.05) is 79.5 Å². The van der Waals surface area contributed by atoms with Gasteiger partial charge in [0.05, 0.1) is 5.75 Å². The molecule has 0 fully saturated rings. The molecule has 184 valence electrons. The monoisotopic (exact) mass is 528 g/mol. The lowest BCUT2D eigenvalue weighted by atomic mass is 10.0. The molecule has 3 aromatic rings. The van der Waals surface area contributed by atoms with Crippen molar-refractivity contribution in [2.75, 3.05) is 12.3 Å². The standard InChI is InChI=1S/C28H30Cl2N2O2S/c1-20(2)17-31-28(34)26(16-21-6-4-3-5-7-21)32(18-22-8-10-23(29)11-9-22)27(33)19-35-25-14-12-24(30)13-15-25/h3-15,20,26H,16-19H2,1-2H3,(H,31,34)/t26-/m1/s1. The third kappa shape index (κ3) is 8.92. The van der Waals surface area contributed by atoms with E-state index in [1.165, 1.54) is 11.8 Å². The summed E-state index contributed by atoms with van der Waals surface area (Å²) in [5.74, 6) is 0.247. The first-order valence-corrected chi connectivity index (χ1v) is 13.3. The summed E-state index contributed by atoms with van der Waals surface area (Å²) in [6.45, 7) is 4.95. The lowest BCUT2D eigenvalue weighted by Gasteiger charge is -2.32. The molecule has 35 heavy (non-hydrogen) atoms. The van der Waals surface area contributed by atoms with Gasteiger partial charge in [-0.05, 0) is 53.4 Å². The summed E-state index contributed by atoms with van der Waals surface area (Å²) in [5, 5.41) is 4.31. The smallest absolute Gasteiger partial charge is 0.243 e.